The van der Waals surface area contributed by atoms with Gasteiger partial charge < -0.3 is 9.73 Å². The average molecular weight is 345 g/mol. The zero-order valence-corrected chi connectivity index (χ0v) is 15.4. The van der Waals surface area contributed by atoms with Crippen molar-refractivity contribution in [2.75, 3.05) is 26.2 Å². The lowest BCUT2D eigenvalue weighted by Crippen LogP contribution is -2.50. The van der Waals surface area contributed by atoms with Gasteiger partial charge in [-0.3, -0.25) is 14.6 Å². The molecule has 5 heteroatoms. The molecule has 25 heavy (non-hydrogen) atoms. The van der Waals surface area contributed by atoms with E-state index in [2.05, 4.69) is 21.2 Å². The van der Waals surface area contributed by atoms with E-state index in [-0.39, 0.29) is 5.92 Å². The molecule has 1 atom stereocenters. The number of nitrogens with zero attached hydrogens (tertiary/aromatic N) is 2. The number of rotatable bonds is 5. The molecule has 3 fully saturated rings. The molecule has 138 valence electrons. The minimum atomic E-state index is 0.207. The Kier molecular flexibility index (Phi) is 5.13. The van der Waals surface area contributed by atoms with E-state index in [1.54, 1.807) is 0 Å². The molecular formula is C20H31N3O2. The first-order chi connectivity index (χ1) is 12.2. The van der Waals surface area contributed by atoms with Crippen molar-refractivity contribution in [1.82, 2.24) is 15.1 Å². The predicted molar refractivity (Wildman–Crippen MR) is 97.2 cm³/mol. The van der Waals surface area contributed by atoms with Crippen molar-refractivity contribution in [3.8, 4) is 0 Å². The Bertz CT molecular complexity index is 588. The molecule has 0 bridgehead atoms. The molecule has 1 saturated carbocycles. The SMILES string of the molecule is Cc1ccc(CN2CCC(N3CCCC(C(=O)NC4CC4)C3)CC2)o1. The van der Waals surface area contributed by atoms with Crippen LogP contribution in [0.1, 0.15) is 50.0 Å². The highest BCUT2D eigenvalue weighted by Crippen LogP contribution is 2.26. The van der Waals surface area contributed by atoms with Gasteiger partial charge in [-0.25, -0.2) is 0 Å². The topological polar surface area (TPSA) is 48.7 Å². The number of carbonyl (C=O) groups is 1. The highest BCUT2D eigenvalue weighted by atomic mass is 16.3. The van der Waals surface area contributed by atoms with Gasteiger partial charge in [-0.1, -0.05) is 0 Å². The van der Waals surface area contributed by atoms with Gasteiger partial charge in [0.1, 0.15) is 11.5 Å². The molecule has 0 spiro atoms. The normalized spacial score (nSPS) is 26.7. The largest absolute Gasteiger partial charge is 0.465 e. The van der Waals surface area contributed by atoms with Crippen molar-refractivity contribution in [2.24, 2.45) is 5.92 Å². The number of hydrogen-bond donors (Lipinski definition) is 1. The third-order valence-corrected chi connectivity index (χ3v) is 6.00. The van der Waals surface area contributed by atoms with Crippen molar-refractivity contribution >= 4 is 5.91 Å². The Hall–Kier alpha value is -1.33. The summed E-state index contributed by atoms with van der Waals surface area (Å²) in [6.45, 7) is 7.30. The smallest absolute Gasteiger partial charge is 0.224 e. The standard InChI is InChI=1S/C20H31N3O2/c1-15-4-7-19(25-15)14-22-11-8-18(9-12-22)23-10-2-3-16(13-23)20(24)21-17-5-6-17/h4,7,16-18H,2-3,5-6,8-14H2,1H3,(H,21,24). The van der Waals surface area contributed by atoms with Gasteiger partial charge in [-0.15, -0.1) is 0 Å². The van der Waals surface area contributed by atoms with Crippen LogP contribution >= 0.6 is 0 Å². The molecule has 1 aromatic heterocycles. The Morgan fingerprint density at radius 3 is 2.64 bits per heavy atom. The highest BCUT2D eigenvalue weighted by Gasteiger charge is 2.33. The zero-order chi connectivity index (χ0) is 17.2. The van der Waals surface area contributed by atoms with E-state index >= 15 is 0 Å². The van der Waals surface area contributed by atoms with Crippen molar-refractivity contribution in [3.05, 3.63) is 23.7 Å². The maximum Gasteiger partial charge on any atom is 0.224 e. The van der Waals surface area contributed by atoms with Gasteiger partial charge in [-0.05, 0) is 64.1 Å². The van der Waals surface area contributed by atoms with Gasteiger partial charge in [-0.2, -0.15) is 0 Å². The molecular weight excluding hydrogens is 314 g/mol. The molecule has 0 radical (unpaired) electrons. The van der Waals surface area contributed by atoms with E-state index in [1.807, 2.05) is 13.0 Å². The van der Waals surface area contributed by atoms with E-state index in [1.165, 1.54) is 25.7 Å². The van der Waals surface area contributed by atoms with Gasteiger partial charge in [0.15, 0.2) is 0 Å². The quantitative estimate of drug-likeness (QED) is 0.891. The molecule has 5 nitrogen and oxygen atoms in total. The zero-order valence-electron chi connectivity index (χ0n) is 15.4. The molecule has 2 saturated heterocycles. The van der Waals surface area contributed by atoms with Crippen molar-refractivity contribution < 1.29 is 9.21 Å². The first-order valence-electron chi connectivity index (χ1n) is 9.99. The molecule has 1 aliphatic carbocycles. The number of carbonyl (C=O) groups excluding carboxylic acids is 1. The summed E-state index contributed by atoms with van der Waals surface area (Å²) in [6, 6.07) is 5.26. The lowest BCUT2D eigenvalue weighted by molar-refractivity contribution is -0.127. The summed E-state index contributed by atoms with van der Waals surface area (Å²) in [5.74, 6) is 2.58. The number of piperidine rings is 2. The maximum atomic E-state index is 12.4. The lowest BCUT2D eigenvalue weighted by atomic mass is 9.93. The van der Waals surface area contributed by atoms with Gasteiger partial charge in [0.25, 0.3) is 0 Å². The Balaban J connectivity index is 1.24. The van der Waals surface area contributed by atoms with E-state index in [4.69, 9.17) is 4.42 Å². The fraction of sp³-hybridized carbons (Fsp3) is 0.750. The van der Waals surface area contributed by atoms with Crippen LogP contribution in [-0.2, 0) is 11.3 Å². The number of nitrogens with one attached hydrogen (secondary N) is 1. The summed E-state index contributed by atoms with van der Waals surface area (Å²) in [5, 5.41) is 3.20. The van der Waals surface area contributed by atoms with Crippen LogP contribution < -0.4 is 5.32 Å². The lowest BCUT2D eigenvalue weighted by Gasteiger charge is -2.41. The van der Waals surface area contributed by atoms with Crippen LogP contribution in [0.15, 0.2) is 16.5 Å². The summed E-state index contributed by atoms with van der Waals surface area (Å²) in [5.41, 5.74) is 0. The third-order valence-electron chi connectivity index (χ3n) is 6.00. The number of hydrogen-bond acceptors (Lipinski definition) is 4. The fourth-order valence-corrected chi connectivity index (χ4v) is 4.33. The van der Waals surface area contributed by atoms with Crippen molar-refractivity contribution in [1.29, 1.82) is 0 Å². The second-order valence-electron chi connectivity index (χ2n) is 8.14. The summed E-state index contributed by atoms with van der Waals surface area (Å²) in [7, 11) is 0. The van der Waals surface area contributed by atoms with Gasteiger partial charge in [0, 0.05) is 31.7 Å². The number of amides is 1. The van der Waals surface area contributed by atoms with Crippen LogP contribution in [0.2, 0.25) is 0 Å². The summed E-state index contributed by atoms with van der Waals surface area (Å²) in [6.07, 6.45) is 6.99. The van der Waals surface area contributed by atoms with E-state index in [9.17, 15) is 4.79 Å². The van der Waals surface area contributed by atoms with Crippen LogP contribution in [-0.4, -0.2) is 54.0 Å². The van der Waals surface area contributed by atoms with Gasteiger partial charge in [0.05, 0.1) is 12.5 Å². The summed E-state index contributed by atoms with van der Waals surface area (Å²) < 4.78 is 5.71. The minimum absolute atomic E-state index is 0.207. The molecule has 0 aromatic carbocycles. The van der Waals surface area contributed by atoms with Crippen LogP contribution in [0.3, 0.4) is 0 Å². The number of likely N-dealkylation sites (tertiary alicyclic amines) is 2. The Morgan fingerprint density at radius 2 is 1.96 bits per heavy atom. The van der Waals surface area contributed by atoms with Crippen LogP contribution in [0.25, 0.3) is 0 Å². The molecule has 3 heterocycles. The predicted octanol–water partition coefficient (Wildman–Crippen LogP) is 2.54. The van der Waals surface area contributed by atoms with Crippen molar-refractivity contribution in [3.63, 3.8) is 0 Å². The first kappa shape index (κ1) is 17.1. The second-order valence-corrected chi connectivity index (χ2v) is 8.14. The Labute approximate surface area is 150 Å². The van der Waals surface area contributed by atoms with E-state index < -0.39 is 0 Å². The second kappa shape index (κ2) is 7.50. The van der Waals surface area contributed by atoms with Gasteiger partial charge in [0.2, 0.25) is 5.91 Å². The first-order valence-corrected chi connectivity index (χ1v) is 9.99. The van der Waals surface area contributed by atoms with Crippen LogP contribution in [0.5, 0.6) is 0 Å². The minimum Gasteiger partial charge on any atom is -0.465 e. The Morgan fingerprint density at radius 1 is 1.16 bits per heavy atom. The van der Waals surface area contributed by atoms with Crippen molar-refractivity contribution in [2.45, 2.75) is 64.1 Å². The number of furan rings is 1. The molecule has 3 aliphatic rings. The van der Waals surface area contributed by atoms with E-state index in [0.717, 1.165) is 57.1 Å². The average Bonchev–Trinajstić information content (AvgIpc) is 3.35. The molecule has 1 amide bonds. The van der Waals surface area contributed by atoms with E-state index in [0.29, 0.717) is 18.0 Å². The fourth-order valence-electron chi connectivity index (χ4n) is 4.33. The molecule has 2 aliphatic heterocycles. The number of aryl methyl sites for hydroxylation is 1. The third kappa shape index (κ3) is 4.45. The molecule has 1 N–H and O–H groups in total. The monoisotopic (exact) mass is 345 g/mol. The maximum absolute atomic E-state index is 12.4. The van der Waals surface area contributed by atoms with Crippen LogP contribution in [0.4, 0.5) is 0 Å². The highest BCUT2D eigenvalue weighted by molar-refractivity contribution is 5.79. The molecule has 1 aromatic rings. The summed E-state index contributed by atoms with van der Waals surface area (Å²) >= 11 is 0. The summed E-state index contributed by atoms with van der Waals surface area (Å²) in [4.78, 5) is 17.5. The molecule has 1 unspecified atom stereocenters. The van der Waals surface area contributed by atoms with Crippen LogP contribution in [0, 0.1) is 12.8 Å². The molecule has 4 rings (SSSR count). The van der Waals surface area contributed by atoms with Gasteiger partial charge >= 0.3 is 0 Å².